The van der Waals surface area contributed by atoms with Gasteiger partial charge in [-0.3, -0.25) is 0 Å². The highest BCUT2D eigenvalue weighted by Crippen LogP contribution is 2.33. The number of benzene rings is 1. The second-order valence-corrected chi connectivity index (χ2v) is 4.73. The molecule has 0 bridgehead atoms. The third-order valence-corrected chi connectivity index (χ3v) is 3.63. The first-order valence-electron chi connectivity index (χ1n) is 6.04. The Bertz CT molecular complexity index is 320. The molecule has 2 rings (SSSR count). The van der Waals surface area contributed by atoms with Gasteiger partial charge in [0.15, 0.2) is 0 Å². The van der Waals surface area contributed by atoms with Crippen LogP contribution in [0.5, 0.6) is 5.75 Å². The first kappa shape index (κ1) is 12.7. The van der Waals surface area contributed by atoms with E-state index < -0.39 is 0 Å². The Labute approximate surface area is 107 Å². The van der Waals surface area contributed by atoms with E-state index in [4.69, 9.17) is 4.18 Å². The lowest BCUT2D eigenvalue weighted by Crippen LogP contribution is -2.04. The second kappa shape index (κ2) is 6.89. The standard InChI is InChI=1S/C13H18O3S/c1-14-16-17-15-13-9-7-12(8-10-13)11-5-3-2-4-6-11/h7-11H,2-6H2,1H3. The fourth-order valence-electron chi connectivity index (χ4n) is 2.31. The third kappa shape index (κ3) is 3.91. The maximum Gasteiger partial charge on any atom is 0.258 e. The highest BCUT2D eigenvalue weighted by Gasteiger charge is 2.15. The van der Waals surface area contributed by atoms with Crippen LogP contribution in [0, 0.1) is 0 Å². The summed E-state index contributed by atoms with van der Waals surface area (Å²) in [6.45, 7) is 0. The summed E-state index contributed by atoms with van der Waals surface area (Å²) < 4.78 is 9.84. The molecule has 4 heteroatoms. The van der Waals surface area contributed by atoms with Crippen LogP contribution in [0.4, 0.5) is 0 Å². The van der Waals surface area contributed by atoms with Crippen molar-refractivity contribution >= 4 is 12.3 Å². The van der Waals surface area contributed by atoms with Crippen molar-refractivity contribution in [3.05, 3.63) is 29.8 Å². The molecule has 0 N–H and O–H groups in total. The van der Waals surface area contributed by atoms with Crippen LogP contribution in [0.1, 0.15) is 43.6 Å². The van der Waals surface area contributed by atoms with E-state index in [0.717, 1.165) is 24.0 Å². The Morgan fingerprint density at radius 3 is 2.41 bits per heavy atom. The first-order valence-corrected chi connectivity index (χ1v) is 6.71. The third-order valence-electron chi connectivity index (χ3n) is 3.18. The Morgan fingerprint density at radius 1 is 1.06 bits per heavy atom. The van der Waals surface area contributed by atoms with Gasteiger partial charge in [-0.25, -0.2) is 4.89 Å². The van der Waals surface area contributed by atoms with Gasteiger partial charge < -0.3 is 4.18 Å². The van der Waals surface area contributed by atoms with Gasteiger partial charge in [-0.2, -0.15) is 0 Å². The Kier molecular flexibility index (Phi) is 5.16. The number of hydrogen-bond acceptors (Lipinski definition) is 4. The second-order valence-electron chi connectivity index (χ2n) is 4.29. The summed E-state index contributed by atoms with van der Waals surface area (Å²) in [4.78, 5) is 4.42. The first-order chi connectivity index (χ1) is 8.40. The zero-order chi connectivity index (χ0) is 11.9. The Balaban J connectivity index is 1.88. The van der Waals surface area contributed by atoms with Crippen LogP contribution in [0.15, 0.2) is 24.3 Å². The molecule has 1 aliphatic rings. The molecule has 94 valence electrons. The fraction of sp³-hybridized carbons (Fsp3) is 0.538. The van der Waals surface area contributed by atoms with Crippen molar-refractivity contribution in [3.8, 4) is 5.75 Å². The van der Waals surface area contributed by atoms with Crippen molar-refractivity contribution in [1.82, 2.24) is 0 Å². The van der Waals surface area contributed by atoms with Gasteiger partial charge in [-0.15, -0.1) is 4.33 Å². The molecule has 0 heterocycles. The molecule has 0 unspecified atom stereocenters. The van der Waals surface area contributed by atoms with Crippen LogP contribution >= 0.6 is 12.3 Å². The lowest BCUT2D eigenvalue weighted by atomic mass is 9.84. The highest BCUT2D eigenvalue weighted by atomic mass is 32.2. The van der Waals surface area contributed by atoms with Crippen molar-refractivity contribution in [2.75, 3.05) is 7.11 Å². The van der Waals surface area contributed by atoms with Gasteiger partial charge in [0.1, 0.15) is 5.75 Å². The maximum atomic E-state index is 5.26. The summed E-state index contributed by atoms with van der Waals surface area (Å²) in [5.74, 6) is 1.52. The van der Waals surface area contributed by atoms with Crippen molar-refractivity contribution < 1.29 is 13.4 Å². The van der Waals surface area contributed by atoms with E-state index in [9.17, 15) is 0 Å². The molecule has 1 fully saturated rings. The lowest BCUT2D eigenvalue weighted by molar-refractivity contribution is -0.164. The highest BCUT2D eigenvalue weighted by molar-refractivity contribution is 7.90. The van der Waals surface area contributed by atoms with E-state index in [1.807, 2.05) is 12.1 Å². The van der Waals surface area contributed by atoms with Crippen molar-refractivity contribution in [2.45, 2.75) is 38.0 Å². The van der Waals surface area contributed by atoms with E-state index in [0.29, 0.717) is 0 Å². The summed E-state index contributed by atoms with van der Waals surface area (Å²) >= 11 is 0.826. The Morgan fingerprint density at radius 2 is 1.76 bits per heavy atom. The molecule has 1 aliphatic carbocycles. The predicted octanol–water partition coefficient (Wildman–Crippen LogP) is 4.25. The quantitative estimate of drug-likeness (QED) is 0.340. The molecule has 0 radical (unpaired) electrons. The molecule has 0 aromatic heterocycles. The van der Waals surface area contributed by atoms with E-state index in [1.165, 1.54) is 44.8 Å². The van der Waals surface area contributed by atoms with Crippen molar-refractivity contribution in [3.63, 3.8) is 0 Å². The molecule has 1 saturated carbocycles. The molecule has 17 heavy (non-hydrogen) atoms. The van der Waals surface area contributed by atoms with E-state index in [-0.39, 0.29) is 0 Å². The molecule has 0 amide bonds. The molecule has 0 saturated heterocycles. The summed E-state index contributed by atoms with van der Waals surface area (Å²) in [6, 6.07) is 8.27. The predicted molar refractivity (Wildman–Crippen MR) is 68.6 cm³/mol. The molecule has 1 aromatic rings. The van der Waals surface area contributed by atoms with Crippen LogP contribution in [0.2, 0.25) is 0 Å². The Hall–Kier alpha value is -0.710. The number of rotatable bonds is 5. The van der Waals surface area contributed by atoms with Crippen LogP contribution in [-0.2, 0) is 9.22 Å². The van der Waals surface area contributed by atoms with Crippen molar-refractivity contribution in [2.24, 2.45) is 0 Å². The lowest BCUT2D eigenvalue weighted by Gasteiger charge is -2.21. The zero-order valence-corrected chi connectivity index (χ0v) is 10.9. The largest absolute Gasteiger partial charge is 0.399 e. The van der Waals surface area contributed by atoms with E-state index in [2.05, 4.69) is 21.4 Å². The van der Waals surface area contributed by atoms with E-state index >= 15 is 0 Å². The van der Waals surface area contributed by atoms with E-state index in [1.54, 1.807) is 0 Å². The molecule has 3 nitrogen and oxygen atoms in total. The summed E-state index contributed by atoms with van der Waals surface area (Å²) in [7, 11) is 1.45. The van der Waals surface area contributed by atoms with Gasteiger partial charge in [0, 0.05) is 0 Å². The van der Waals surface area contributed by atoms with Gasteiger partial charge in [-0.1, -0.05) is 31.4 Å². The molecule has 1 aromatic carbocycles. The summed E-state index contributed by atoms with van der Waals surface area (Å²) in [5.41, 5.74) is 1.43. The van der Waals surface area contributed by atoms with Crippen LogP contribution in [0.25, 0.3) is 0 Å². The van der Waals surface area contributed by atoms with Gasteiger partial charge in [0.05, 0.1) is 7.11 Å². The summed E-state index contributed by atoms with van der Waals surface area (Å²) in [6.07, 6.45) is 6.76. The minimum Gasteiger partial charge on any atom is -0.399 e. The SMILES string of the molecule is COOSOc1ccc(C2CCCCC2)cc1. The normalized spacial score (nSPS) is 17.0. The molecular formula is C13H18O3S. The topological polar surface area (TPSA) is 27.7 Å². The van der Waals surface area contributed by atoms with Crippen molar-refractivity contribution in [1.29, 1.82) is 0 Å². The fourth-order valence-corrected chi connectivity index (χ4v) is 2.59. The van der Waals surface area contributed by atoms with Crippen LogP contribution in [-0.4, -0.2) is 7.11 Å². The molecule has 0 aliphatic heterocycles. The van der Waals surface area contributed by atoms with Crippen LogP contribution in [0.3, 0.4) is 0 Å². The maximum absolute atomic E-state index is 5.26. The zero-order valence-electron chi connectivity index (χ0n) is 10.1. The van der Waals surface area contributed by atoms with Gasteiger partial charge in [0.25, 0.3) is 12.3 Å². The average molecular weight is 254 g/mol. The molecule has 0 spiro atoms. The molecular weight excluding hydrogens is 236 g/mol. The average Bonchev–Trinajstić information content (AvgIpc) is 2.41. The van der Waals surface area contributed by atoms with Gasteiger partial charge >= 0.3 is 0 Å². The molecule has 0 atom stereocenters. The van der Waals surface area contributed by atoms with Gasteiger partial charge in [0.2, 0.25) is 0 Å². The van der Waals surface area contributed by atoms with Gasteiger partial charge in [-0.05, 0) is 36.5 Å². The minimum atomic E-state index is 0.737. The van der Waals surface area contributed by atoms with Crippen LogP contribution < -0.4 is 4.18 Å². The monoisotopic (exact) mass is 254 g/mol. The smallest absolute Gasteiger partial charge is 0.258 e. The minimum absolute atomic E-state index is 0.737. The summed E-state index contributed by atoms with van der Waals surface area (Å²) in [5, 5.41) is 0. The number of hydrogen-bond donors (Lipinski definition) is 0.